The van der Waals surface area contributed by atoms with Gasteiger partial charge in [-0.1, -0.05) is 12.1 Å². The standard InChI is InChI=1S/C18H21N5O4.ClH/c1-27-16(25)10-20-15(24)8-11-2-4-12(5-3-11)21-18(26)17-13-9-19-7-6-14(13)22-23-17;/h2-5,19H,6-10H2,1H3,(H,20,24)(H,21,26)(H,22,23);1H. The number of ether oxygens (including phenoxy) is 1. The van der Waals surface area contributed by atoms with Crippen molar-refractivity contribution in [1.82, 2.24) is 20.8 Å². The van der Waals surface area contributed by atoms with Crippen molar-refractivity contribution in [2.45, 2.75) is 19.4 Å². The van der Waals surface area contributed by atoms with Gasteiger partial charge in [0.25, 0.3) is 5.91 Å². The minimum Gasteiger partial charge on any atom is -0.468 e. The van der Waals surface area contributed by atoms with Crippen molar-refractivity contribution in [3.8, 4) is 0 Å². The van der Waals surface area contributed by atoms with Crippen LogP contribution in [0.1, 0.15) is 27.3 Å². The minimum atomic E-state index is -0.503. The number of benzene rings is 1. The van der Waals surface area contributed by atoms with Crippen molar-refractivity contribution in [1.29, 1.82) is 0 Å². The Balaban J connectivity index is 0.00000280. The van der Waals surface area contributed by atoms with Gasteiger partial charge in [0.15, 0.2) is 5.69 Å². The van der Waals surface area contributed by atoms with Crippen LogP contribution in [0.15, 0.2) is 24.3 Å². The molecule has 4 N–H and O–H groups in total. The van der Waals surface area contributed by atoms with Gasteiger partial charge < -0.3 is 20.7 Å². The van der Waals surface area contributed by atoms with Crippen LogP contribution in [0.2, 0.25) is 0 Å². The van der Waals surface area contributed by atoms with Crippen LogP contribution in [0.5, 0.6) is 0 Å². The molecule has 9 nitrogen and oxygen atoms in total. The zero-order valence-corrected chi connectivity index (χ0v) is 16.1. The second-order valence-electron chi connectivity index (χ2n) is 6.14. The second kappa shape index (κ2) is 9.86. The summed E-state index contributed by atoms with van der Waals surface area (Å²) in [7, 11) is 1.26. The molecular formula is C18H22ClN5O4. The molecule has 0 aliphatic carbocycles. The van der Waals surface area contributed by atoms with Gasteiger partial charge in [0.05, 0.1) is 13.5 Å². The van der Waals surface area contributed by atoms with Crippen LogP contribution in [-0.4, -0.2) is 48.2 Å². The molecule has 1 aliphatic heterocycles. The summed E-state index contributed by atoms with van der Waals surface area (Å²) in [5, 5.41) is 15.6. The summed E-state index contributed by atoms with van der Waals surface area (Å²) in [5.74, 6) is -1.07. The number of carbonyl (C=O) groups excluding carboxylic acids is 3. The zero-order chi connectivity index (χ0) is 19.2. The molecule has 0 saturated carbocycles. The topological polar surface area (TPSA) is 125 Å². The first kappa shape index (κ1) is 21.4. The SMILES string of the molecule is COC(=O)CNC(=O)Cc1ccc(NC(=O)c2n[nH]c3c2CNCC3)cc1.Cl. The first-order valence-corrected chi connectivity index (χ1v) is 8.57. The Morgan fingerprint density at radius 1 is 1.21 bits per heavy atom. The monoisotopic (exact) mass is 407 g/mol. The highest BCUT2D eigenvalue weighted by Crippen LogP contribution is 2.17. The van der Waals surface area contributed by atoms with Gasteiger partial charge in [0.2, 0.25) is 5.91 Å². The lowest BCUT2D eigenvalue weighted by atomic mass is 10.1. The molecule has 10 heteroatoms. The molecule has 2 heterocycles. The second-order valence-corrected chi connectivity index (χ2v) is 6.14. The number of rotatable bonds is 6. The first-order chi connectivity index (χ1) is 13.1. The number of aromatic amines is 1. The van der Waals surface area contributed by atoms with Gasteiger partial charge in [-0.15, -0.1) is 12.4 Å². The van der Waals surface area contributed by atoms with E-state index in [1.807, 2.05) is 0 Å². The quantitative estimate of drug-likeness (QED) is 0.518. The average molecular weight is 408 g/mol. The van der Waals surface area contributed by atoms with E-state index in [-0.39, 0.29) is 37.2 Å². The fourth-order valence-corrected chi connectivity index (χ4v) is 2.80. The molecule has 2 amide bonds. The van der Waals surface area contributed by atoms with E-state index in [1.54, 1.807) is 24.3 Å². The van der Waals surface area contributed by atoms with Crippen molar-refractivity contribution in [2.24, 2.45) is 0 Å². The molecule has 0 fully saturated rings. The summed E-state index contributed by atoms with van der Waals surface area (Å²) in [6.07, 6.45) is 0.951. The van der Waals surface area contributed by atoms with Crippen LogP contribution in [-0.2, 0) is 33.7 Å². The lowest BCUT2D eigenvalue weighted by Crippen LogP contribution is -2.31. The van der Waals surface area contributed by atoms with E-state index in [2.05, 4.69) is 30.9 Å². The Labute approximate surface area is 168 Å². The fourth-order valence-electron chi connectivity index (χ4n) is 2.80. The Kier molecular flexibility index (Phi) is 7.53. The lowest BCUT2D eigenvalue weighted by molar-refractivity contribution is -0.141. The van der Waals surface area contributed by atoms with Crippen LogP contribution in [0.4, 0.5) is 5.69 Å². The third-order valence-corrected chi connectivity index (χ3v) is 4.26. The van der Waals surface area contributed by atoms with E-state index in [1.165, 1.54) is 7.11 Å². The van der Waals surface area contributed by atoms with Crippen LogP contribution >= 0.6 is 12.4 Å². The molecule has 1 aromatic heterocycles. The minimum absolute atomic E-state index is 0. The Bertz CT molecular complexity index is 850. The smallest absolute Gasteiger partial charge is 0.325 e. The number of hydrogen-bond donors (Lipinski definition) is 4. The van der Waals surface area contributed by atoms with Gasteiger partial charge in [0, 0.05) is 36.5 Å². The molecule has 0 spiro atoms. The van der Waals surface area contributed by atoms with Gasteiger partial charge in [-0.05, 0) is 17.7 Å². The number of methoxy groups -OCH3 is 1. The number of H-pyrrole nitrogens is 1. The fraction of sp³-hybridized carbons (Fsp3) is 0.333. The number of aromatic nitrogens is 2. The van der Waals surface area contributed by atoms with Gasteiger partial charge in [-0.3, -0.25) is 19.5 Å². The van der Waals surface area contributed by atoms with Crippen LogP contribution in [0.25, 0.3) is 0 Å². The molecule has 0 saturated heterocycles. The molecule has 2 aromatic rings. The number of carbonyl (C=O) groups is 3. The maximum Gasteiger partial charge on any atom is 0.325 e. The van der Waals surface area contributed by atoms with Crippen molar-refractivity contribution >= 4 is 35.9 Å². The largest absolute Gasteiger partial charge is 0.468 e. The molecule has 150 valence electrons. The summed E-state index contributed by atoms with van der Waals surface area (Å²) in [5.41, 5.74) is 3.66. The molecule has 1 aliphatic rings. The molecule has 1 aromatic carbocycles. The summed E-state index contributed by atoms with van der Waals surface area (Å²) >= 11 is 0. The van der Waals surface area contributed by atoms with Crippen molar-refractivity contribution in [3.63, 3.8) is 0 Å². The number of esters is 1. The Hall–Kier alpha value is -2.91. The molecule has 28 heavy (non-hydrogen) atoms. The molecule has 0 radical (unpaired) electrons. The van der Waals surface area contributed by atoms with E-state index in [9.17, 15) is 14.4 Å². The maximum absolute atomic E-state index is 12.5. The van der Waals surface area contributed by atoms with E-state index in [4.69, 9.17) is 0 Å². The summed E-state index contributed by atoms with van der Waals surface area (Å²) in [6.45, 7) is 1.32. The molecular weight excluding hydrogens is 386 g/mol. The van der Waals surface area contributed by atoms with E-state index in [0.717, 1.165) is 29.8 Å². The molecule has 0 bridgehead atoms. The predicted octanol–water partition coefficient (Wildman–Crippen LogP) is 0.561. The summed E-state index contributed by atoms with van der Waals surface area (Å²) < 4.78 is 4.46. The number of halogens is 1. The summed E-state index contributed by atoms with van der Waals surface area (Å²) in [6, 6.07) is 6.93. The van der Waals surface area contributed by atoms with E-state index < -0.39 is 5.97 Å². The van der Waals surface area contributed by atoms with Gasteiger partial charge in [-0.2, -0.15) is 5.10 Å². The normalized spacial score (nSPS) is 12.3. The van der Waals surface area contributed by atoms with E-state index >= 15 is 0 Å². The average Bonchev–Trinajstić information content (AvgIpc) is 3.12. The number of amides is 2. The maximum atomic E-state index is 12.5. The van der Waals surface area contributed by atoms with Crippen LogP contribution in [0, 0.1) is 0 Å². The molecule has 0 atom stereocenters. The first-order valence-electron chi connectivity index (χ1n) is 8.57. The third-order valence-electron chi connectivity index (χ3n) is 4.26. The highest BCUT2D eigenvalue weighted by molar-refractivity contribution is 6.04. The Morgan fingerprint density at radius 2 is 1.96 bits per heavy atom. The highest BCUT2D eigenvalue weighted by atomic mass is 35.5. The van der Waals surface area contributed by atoms with E-state index in [0.29, 0.717) is 17.9 Å². The number of hydrogen-bond acceptors (Lipinski definition) is 6. The molecule has 3 rings (SSSR count). The van der Waals surface area contributed by atoms with Gasteiger partial charge >= 0.3 is 5.97 Å². The van der Waals surface area contributed by atoms with Crippen molar-refractivity contribution in [2.75, 3.05) is 25.5 Å². The third kappa shape index (κ3) is 5.30. The van der Waals surface area contributed by atoms with Crippen LogP contribution < -0.4 is 16.0 Å². The zero-order valence-electron chi connectivity index (χ0n) is 15.3. The summed E-state index contributed by atoms with van der Waals surface area (Å²) in [4.78, 5) is 35.3. The van der Waals surface area contributed by atoms with Crippen molar-refractivity contribution in [3.05, 3.63) is 46.8 Å². The number of anilines is 1. The molecule has 0 unspecified atom stereocenters. The number of fused-ring (bicyclic) bond motifs is 1. The van der Waals surface area contributed by atoms with Gasteiger partial charge in [-0.25, -0.2) is 0 Å². The number of nitrogens with zero attached hydrogens (tertiary/aromatic N) is 1. The predicted molar refractivity (Wildman–Crippen MR) is 104 cm³/mol. The number of nitrogens with one attached hydrogen (secondary N) is 4. The van der Waals surface area contributed by atoms with Crippen LogP contribution in [0.3, 0.4) is 0 Å². The lowest BCUT2D eigenvalue weighted by Gasteiger charge is -2.13. The Morgan fingerprint density at radius 3 is 2.68 bits per heavy atom. The van der Waals surface area contributed by atoms with Crippen molar-refractivity contribution < 1.29 is 19.1 Å². The highest BCUT2D eigenvalue weighted by Gasteiger charge is 2.21. The van der Waals surface area contributed by atoms with Gasteiger partial charge in [0.1, 0.15) is 6.54 Å².